The molecule has 3 aromatic rings. The van der Waals surface area contributed by atoms with Crippen molar-refractivity contribution < 1.29 is 0 Å². The van der Waals surface area contributed by atoms with Crippen molar-refractivity contribution in [2.24, 2.45) is 0 Å². The summed E-state index contributed by atoms with van der Waals surface area (Å²) in [5.41, 5.74) is 6.10. The molecular formula is C25H35N5. The van der Waals surface area contributed by atoms with Crippen molar-refractivity contribution in [2.75, 3.05) is 27.7 Å². The smallest absolute Gasteiger partial charge is 0.115 e. The molecule has 0 saturated heterocycles. The molecule has 30 heavy (non-hydrogen) atoms. The monoisotopic (exact) mass is 405 g/mol. The highest BCUT2D eigenvalue weighted by Crippen LogP contribution is 2.28. The predicted octanol–water partition coefficient (Wildman–Crippen LogP) is 4.35. The van der Waals surface area contributed by atoms with Gasteiger partial charge in [0, 0.05) is 24.7 Å². The number of fused-ring (bicyclic) bond motifs is 2. The van der Waals surface area contributed by atoms with Crippen LogP contribution in [-0.4, -0.2) is 47.1 Å². The van der Waals surface area contributed by atoms with Crippen molar-refractivity contribution >= 4 is 11.0 Å². The van der Waals surface area contributed by atoms with E-state index in [0.29, 0.717) is 6.04 Å². The van der Waals surface area contributed by atoms with Crippen LogP contribution < -0.4 is 5.32 Å². The molecule has 5 heteroatoms. The molecule has 0 radical (unpaired) electrons. The summed E-state index contributed by atoms with van der Waals surface area (Å²) in [4.78, 5) is 12.3. The number of aromatic nitrogens is 3. The molecule has 0 fully saturated rings. The Labute approximate surface area is 180 Å². The molecule has 0 bridgehead atoms. The summed E-state index contributed by atoms with van der Waals surface area (Å²) in [7, 11) is 6.33. The predicted molar refractivity (Wildman–Crippen MR) is 124 cm³/mol. The fourth-order valence-electron chi connectivity index (χ4n) is 4.62. The van der Waals surface area contributed by atoms with Crippen LogP contribution in [-0.2, 0) is 19.4 Å². The Morgan fingerprint density at radius 2 is 1.93 bits per heavy atom. The average molecular weight is 406 g/mol. The summed E-state index contributed by atoms with van der Waals surface area (Å²) < 4.78 is 2.42. The molecule has 1 unspecified atom stereocenters. The molecule has 1 N–H and O–H groups in total. The van der Waals surface area contributed by atoms with Gasteiger partial charge in [0.25, 0.3) is 0 Å². The molecular weight excluding hydrogens is 370 g/mol. The van der Waals surface area contributed by atoms with Crippen LogP contribution in [0.25, 0.3) is 11.0 Å². The minimum atomic E-state index is 0.379. The number of imidazole rings is 1. The summed E-state index contributed by atoms with van der Waals surface area (Å²) >= 11 is 0. The van der Waals surface area contributed by atoms with E-state index in [1.807, 2.05) is 7.05 Å². The number of hydrogen-bond donors (Lipinski definition) is 1. The summed E-state index contributed by atoms with van der Waals surface area (Å²) in [6.07, 6.45) is 8.01. The fourth-order valence-corrected chi connectivity index (χ4v) is 4.62. The molecule has 0 saturated carbocycles. The number of pyridine rings is 1. The molecule has 5 nitrogen and oxygen atoms in total. The van der Waals surface area contributed by atoms with Crippen molar-refractivity contribution in [1.82, 2.24) is 24.8 Å². The van der Waals surface area contributed by atoms with Gasteiger partial charge in [-0.05, 0) is 83.6 Å². The van der Waals surface area contributed by atoms with Gasteiger partial charge in [-0.2, -0.15) is 0 Å². The third kappa shape index (κ3) is 4.73. The SMILES string of the molecule is CNC1CCCc2ccc(Cc3nc4ccccc4n3CCCCCN(C)C)nc21. The summed E-state index contributed by atoms with van der Waals surface area (Å²) in [5, 5.41) is 3.45. The Hall–Kier alpha value is -2.24. The van der Waals surface area contributed by atoms with Gasteiger partial charge in [-0.3, -0.25) is 4.98 Å². The van der Waals surface area contributed by atoms with Crippen molar-refractivity contribution in [3.63, 3.8) is 0 Å². The lowest BCUT2D eigenvalue weighted by Crippen LogP contribution is -2.23. The number of benzene rings is 1. The van der Waals surface area contributed by atoms with E-state index in [1.54, 1.807) is 0 Å². The van der Waals surface area contributed by atoms with Gasteiger partial charge in [0.15, 0.2) is 0 Å². The lowest BCUT2D eigenvalue weighted by Gasteiger charge is -2.24. The van der Waals surface area contributed by atoms with Crippen LogP contribution in [0.1, 0.15) is 60.9 Å². The quantitative estimate of drug-likeness (QED) is 0.538. The lowest BCUT2D eigenvalue weighted by atomic mass is 9.91. The van der Waals surface area contributed by atoms with E-state index < -0.39 is 0 Å². The Bertz CT molecular complexity index is 975. The van der Waals surface area contributed by atoms with Crippen LogP contribution >= 0.6 is 0 Å². The zero-order chi connectivity index (χ0) is 20.9. The van der Waals surface area contributed by atoms with E-state index >= 15 is 0 Å². The average Bonchev–Trinajstić information content (AvgIpc) is 3.10. The molecule has 0 spiro atoms. The standard InChI is InChI=1S/C25H35N5/c1-26-22-12-9-10-19-14-15-20(27-25(19)22)18-24-28-21-11-5-6-13-23(21)30(24)17-8-4-7-16-29(2)3/h5-6,11,13-15,22,26H,4,7-10,12,16-18H2,1-3H3. The number of aryl methyl sites for hydroxylation is 2. The van der Waals surface area contributed by atoms with Crippen molar-refractivity contribution in [3.8, 4) is 0 Å². The van der Waals surface area contributed by atoms with Crippen LogP contribution in [0.5, 0.6) is 0 Å². The van der Waals surface area contributed by atoms with Crippen LogP contribution in [0.4, 0.5) is 0 Å². The normalized spacial score (nSPS) is 16.3. The van der Waals surface area contributed by atoms with E-state index in [0.717, 1.165) is 43.0 Å². The van der Waals surface area contributed by atoms with Gasteiger partial charge in [0.1, 0.15) is 5.82 Å². The maximum Gasteiger partial charge on any atom is 0.115 e. The minimum absolute atomic E-state index is 0.379. The Morgan fingerprint density at radius 1 is 1.07 bits per heavy atom. The molecule has 2 heterocycles. The van der Waals surface area contributed by atoms with Crippen LogP contribution in [0.2, 0.25) is 0 Å². The molecule has 1 aromatic carbocycles. The lowest BCUT2D eigenvalue weighted by molar-refractivity contribution is 0.388. The van der Waals surface area contributed by atoms with Gasteiger partial charge >= 0.3 is 0 Å². The number of hydrogen-bond acceptors (Lipinski definition) is 4. The number of rotatable bonds is 9. The Balaban J connectivity index is 1.55. The zero-order valence-electron chi connectivity index (χ0n) is 18.7. The van der Waals surface area contributed by atoms with E-state index in [9.17, 15) is 0 Å². The van der Waals surface area contributed by atoms with Crippen LogP contribution in [0, 0.1) is 0 Å². The maximum absolute atomic E-state index is 5.08. The highest BCUT2D eigenvalue weighted by Gasteiger charge is 2.21. The first-order valence-corrected chi connectivity index (χ1v) is 11.4. The molecule has 1 atom stereocenters. The minimum Gasteiger partial charge on any atom is -0.328 e. The molecule has 0 aliphatic heterocycles. The molecule has 1 aliphatic carbocycles. The highest BCUT2D eigenvalue weighted by atomic mass is 15.1. The number of para-hydroxylation sites is 2. The largest absolute Gasteiger partial charge is 0.328 e. The van der Waals surface area contributed by atoms with E-state index in [-0.39, 0.29) is 0 Å². The molecule has 4 rings (SSSR count). The summed E-state index contributed by atoms with van der Waals surface area (Å²) in [5.74, 6) is 1.13. The van der Waals surface area contributed by atoms with E-state index in [4.69, 9.17) is 9.97 Å². The maximum atomic E-state index is 5.08. The van der Waals surface area contributed by atoms with E-state index in [2.05, 4.69) is 65.3 Å². The fraction of sp³-hybridized carbons (Fsp3) is 0.520. The Kier molecular flexibility index (Phi) is 6.80. The number of nitrogens with zero attached hydrogens (tertiary/aromatic N) is 4. The summed E-state index contributed by atoms with van der Waals surface area (Å²) in [6.45, 7) is 2.18. The second-order valence-corrected chi connectivity index (χ2v) is 8.79. The highest BCUT2D eigenvalue weighted by molar-refractivity contribution is 5.76. The topological polar surface area (TPSA) is 46.0 Å². The number of unbranched alkanes of at least 4 members (excludes halogenated alkanes) is 2. The third-order valence-electron chi connectivity index (χ3n) is 6.25. The van der Waals surface area contributed by atoms with E-state index in [1.165, 1.54) is 48.9 Å². The van der Waals surface area contributed by atoms with Crippen molar-refractivity contribution in [1.29, 1.82) is 0 Å². The first kappa shape index (κ1) is 21.0. The second-order valence-electron chi connectivity index (χ2n) is 8.79. The van der Waals surface area contributed by atoms with Crippen LogP contribution in [0.3, 0.4) is 0 Å². The summed E-state index contributed by atoms with van der Waals surface area (Å²) in [6, 6.07) is 13.4. The first-order valence-electron chi connectivity index (χ1n) is 11.4. The molecule has 1 aliphatic rings. The Morgan fingerprint density at radius 3 is 2.77 bits per heavy atom. The molecule has 0 amide bonds. The van der Waals surface area contributed by atoms with Crippen molar-refractivity contribution in [2.45, 2.75) is 57.5 Å². The van der Waals surface area contributed by atoms with Crippen LogP contribution in [0.15, 0.2) is 36.4 Å². The second kappa shape index (κ2) is 9.71. The molecule has 2 aromatic heterocycles. The molecule has 160 valence electrons. The number of nitrogens with one attached hydrogen (secondary N) is 1. The van der Waals surface area contributed by atoms with Crippen molar-refractivity contribution in [3.05, 3.63) is 59.2 Å². The zero-order valence-corrected chi connectivity index (χ0v) is 18.7. The van der Waals surface area contributed by atoms with Gasteiger partial charge < -0.3 is 14.8 Å². The third-order valence-corrected chi connectivity index (χ3v) is 6.25. The van der Waals surface area contributed by atoms with Gasteiger partial charge in [0.2, 0.25) is 0 Å². The van der Waals surface area contributed by atoms with Gasteiger partial charge in [-0.1, -0.05) is 24.6 Å². The van der Waals surface area contributed by atoms with Gasteiger partial charge in [0.05, 0.1) is 16.7 Å². The van der Waals surface area contributed by atoms with Gasteiger partial charge in [-0.25, -0.2) is 4.98 Å². The first-order chi connectivity index (χ1) is 14.7. The van der Waals surface area contributed by atoms with Gasteiger partial charge in [-0.15, -0.1) is 0 Å².